The standard InChI is InChI=1S/C4H6BrN2/c1-7-3-4(5)2-6-7/h2-3,6H,1H3. The maximum Gasteiger partial charge on any atom is 0.0837 e. The lowest BCUT2D eigenvalue weighted by atomic mass is 10.6. The van der Waals surface area contributed by atoms with Crippen molar-refractivity contribution < 1.29 is 0 Å². The SMILES string of the molecule is CN1[CH]C(Br)=CN1. The highest BCUT2D eigenvalue weighted by Crippen LogP contribution is 2.12. The van der Waals surface area contributed by atoms with Crippen molar-refractivity contribution in [3.8, 4) is 0 Å². The van der Waals surface area contributed by atoms with E-state index in [1.165, 1.54) is 0 Å². The summed E-state index contributed by atoms with van der Waals surface area (Å²) >= 11 is 3.28. The molecule has 1 aliphatic heterocycles. The van der Waals surface area contributed by atoms with Gasteiger partial charge in [0.1, 0.15) is 0 Å². The molecule has 39 valence electrons. The molecule has 0 amide bonds. The van der Waals surface area contributed by atoms with Gasteiger partial charge in [0.25, 0.3) is 0 Å². The molecule has 0 aromatic heterocycles. The lowest BCUT2D eigenvalue weighted by Gasteiger charge is -2.04. The molecule has 0 atom stereocenters. The Kier molecular flexibility index (Phi) is 1.35. The number of nitrogens with one attached hydrogen (secondary N) is 1. The first-order valence-electron chi connectivity index (χ1n) is 1.98. The molecule has 1 N–H and O–H groups in total. The Morgan fingerprint density at radius 1 is 1.86 bits per heavy atom. The summed E-state index contributed by atoms with van der Waals surface area (Å²) < 4.78 is 1.08. The van der Waals surface area contributed by atoms with Gasteiger partial charge in [0, 0.05) is 17.7 Å². The molecule has 1 radical (unpaired) electrons. The summed E-state index contributed by atoms with van der Waals surface area (Å²) in [4.78, 5) is 0. The third-order valence-electron chi connectivity index (χ3n) is 0.723. The molecule has 1 heterocycles. The van der Waals surface area contributed by atoms with E-state index < -0.39 is 0 Å². The molecule has 7 heavy (non-hydrogen) atoms. The largest absolute Gasteiger partial charge is 0.325 e. The Morgan fingerprint density at radius 3 is 2.71 bits per heavy atom. The molecule has 2 nitrogen and oxygen atoms in total. The molecule has 1 rings (SSSR count). The van der Waals surface area contributed by atoms with Crippen LogP contribution in [-0.2, 0) is 0 Å². The maximum absolute atomic E-state index is 3.28. The molecule has 0 aliphatic carbocycles. The van der Waals surface area contributed by atoms with Crippen LogP contribution in [0.1, 0.15) is 0 Å². The van der Waals surface area contributed by atoms with Crippen molar-refractivity contribution >= 4 is 15.9 Å². The van der Waals surface area contributed by atoms with Crippen LogP contribution in [0.3, 0.4) is 0 Å². The zero-order valence-corrected chi connectivity index (χ0v) is 5.57. The molecule has 0 aromatic carbocycles. The molecular weight excluding hydrogens is 156 g/mol. The molecule has 1 aliphatic rings. The highest BCUT2D eigenvalue weighted by molar-refractivity contribution is 9.11. The van der Waals surface area contributed by atoms with E-state index >= 15 is 0 Å². The number of rotatable bonds is 0. The fraction of sp³-hybridized carbons (Fsp3) is 0.250. The van der Waals surface area contributed by atoms with Crippen LogP contribution in [0, 0.1) is 6.54 Å². The van der Waals surface area contributed by atoms with Gasteiger partial charge in [-0.25, -0.2) is 5.01 Å². The van der Waals surface area contributed by atoms with Gasteiger partial charge in [-0.1, -0.05) is 15.9 Å². The number of likely N-dealkylation sites (N-methyl/N-ethyl adjacent to an activating group) is 1. The zero-order chi connectivity index (χ0) is 5.28. The summed E-state index contributed by atoms with van der Waals surface area (Å²) in [5.41, 5.74) is 2.94. The Morgan fingerprint density at radius 2 is 2.57 bits per heavy atom. The van der Waals surface area contributed by atoms with E-state index in [9.17, 15) is 0 Å². The molecule has 0 bridgehead atoms. The summed E-state index contributed by atoms with van der Waals surface area (Å²) in [6, 6.07) is 0. The van der Waals surface area contributed by atoms with Gasteiger partial charge in [-0.05, 0) is 0 Å². The summed E-state index contributed by atoms with van der Waals surface area (Å²) in [5.74, 6) is 0. The molecule has 0 aromatic rings. The second-order valence-electron chi connectivity index (χ2n) is 1.40. The average Bonchev–Trinajstić information content (AvgIpc) is 1.87. The van der Waals surface area contributed by atoms with Gasteiger partial charge in [-0.3, -0.25) is 0 Å². The fourth-order valence-electron chi connectivity index (χ4n) is 0.423. The second kappa shape index (κ2) is 1.84. The van der Waals surface area contributed by atoms with Gasteiger partial charge in [0.15, 0.2) is 0 Å². The highest BCUT2D eigenvalue weighted by atomic mass is 79.9. The number of halogens is 1. The smallest absolute Gasteiger partial charge is 0.0837 e. The normalized spacial score (nSPS) is 21.7. The Bertz CT molecular complexity index is 99.9. The van der Waals surface area contributed by atoms with Gasteiger partial charge in [-0.15, -0.1) is 0 Å². The monoisotopic (exact) mass is 161 g/mol. The minimum atomic E-state index is 1.08. The Labute approximate surface area is 51.3 Å². The van der Waals surface area contributed by atoms with Crippen LogP contribution in [0.2, 0.25) is 0 Å². The van der Waals surface area contributed by atoms with Gasteiger partial charge >= 0.3 is 0 Å². The number of hydrogen-bond donors (Lipinski definition) is 1. The predicted molar refractivity (Wildman–Crippen MR) is 32.2 cm³/mol. The van der Waals surface area contributed by atoms with E-state index in [4.69, 9.17) is 0 Å². The van der Waals surface area contributed by atoms with Crippen molar-refractivity contribution in [1.29, 1.82) is 0 Å². The van der Waals surface area contributed by atoms with E-state index in [1.54, 1.807) is 0 Å². The van der Waals surface area contributed by atoms with Crippen LogP contribution in [0.4, 0.5) is 0 Å². The quantitative estimate of drug-likeness (QED) is 0.567. The van der Waals surface area contributed by atoms with Crippen LogP contribution in [0.25, 0.3) is 0 Å². The lowest BCUT2D eigenvalue weighted by Crippen LogP contribution is -2.21. The van der Waals surface area contributed by atoms with Crippen molar-refractivity contribution in [2.75, 3.05) is 7.05 Å². The van der Waals surface area contributed by atoms with Gasteiger partial charge in [0.05, 0.1) is 6.54 Å². The van der Waals surface area contributed by atoms with Crippen molar-refractivity contribution in [3.63, 3.8) is 0 Å². The van der Waals surface area contributed by atoms with E-state index in [0.29, 0.717) is 0 Å². The van der Waals surface area contributed by atoms with Gasteiger partial charge in [-0.2, -0.15) is 0 Å². The predicted octanol–water partition coefficient (Wildman–Crippen LogP) is 0.834. The minimum Gasteiger partial charge on any atom is -0.325 e. The van der Waals surface area contributed by atoms with Crippen LogP contribution in [0.5, 0.6) is 0 Å². The van der Waals surface area contributed by atoms with Crippen molar-refractivity contribution in [3.05, 3.63) is 17.2 Å². The topological polar surface area (TPSA) is 15.3 Å². The van der Waals surface area contributed by atoms with E-state index in [1.807, 2.05) is 24.8 Å². The zero-order valence-electron chi connectivity index (χ0n) is 3.98. The summed E-state index contributed by atoms with van der Waals surface area (Å²) in [7, 11) is 1.94. The molecule has 0 spiro atoms. The third-order valence-corrected chi connectivity index (χ3v) is 1.16. The fourth-order valence-corrected chi connectivity index (χ4v) is 0.833. The lowest BCUT2D eigenvalue weighted by molar-refractivity contribution is 0.378. The van der Waals surface area contributed by atoms with Crippen molar-refractivity contribution in [2.24, 2.45) is 0 Å². The van der Waals surface area contributed by atoms with Crippen molar-refractivity contribution in [2.45, 2.75) is 0 Å². The summed E-state index contributed by atoms with van der Waals surface area (Å²) in [6.45, 7) is 1.94. The first kappa shape index (κ1) is 5.12. The first-order chi connectivity index (χ1) is 3.29. The van der Waals surface area contributed by atoms with Crippen LogP contribution < -0.4 is 5.43 Å². The Balaban J connectivity index is 2.42. The Hall–Kier alpha value is -0.0200. The van der Waals surface area contributed by atoms with Crippen LogP contribution in [-0.4, -0.2) is 12.1 Å². The second-order valence-corrected chi connectivity index (χ2v) is 2.31. The summed E-state index contributed by atoms with van der Waals surface area (Å²) in [6.07, 6.45) is 1.88. The van der Waals surface area contributed by atoms with Gasteiger partial charge in [0.2, 0.25) is 0 Å². The van der Waals surface area contributed by atoms with E-state index in [2.05, 4.69) is 21.4 Å². The average molecular weight is 162 g/mol. The first-order valence-corrected chi connectivity index (χ1v) is 2.78. The molecule has 0 unspecified atom stereocenters. The molecular formula is C4H6BrN2. The van der Waals surface area contributed by atoms with Gasteiger partial charge < -0.3 is 5.43 Å². The number of hydrazine groups is 1. The summed E-state index contributed by atoms with van der Waals surface area (Å²) in [5, 5.41) is 1.87. The minimum absolute atomic E-state index is 1.08. The molecule has 0 saturated carbocycles. The molecule has 0 fully saturated rings. The van der Waals surface area contributed by atoms with Crippen LogP contribution in [0.15, 0.2) is 10.7 Å². The molecule has 0 saturated heterocycles. The van der Waals surface area contributed by atoms with Crippen LogP contribution >= 0.6 is 15.9 Å². The number of hydrogen-bond acceptors (Lipinski definition) is 2. The number of nitrogens with zero attached hydrogens (tertiary/aromatic N) is 1. The van der Waals surface area contributed by atoms with E-state index in [0.717, 1.165) is 4.48 Å². The van der Waals surface area contributed by atoms with Crippen molar-refractivity contribution in [1.82, 2.24) is 10.4 Å². The third kappa shape index (κ3) is 1.17. The molecule has 3 heteroatoms. The highest BCUT2D eigenvalue weighted by Gasteiger charge is 2.04. The maximum atomic E-state index is 3.28. The van der Waals surface area contributed by atoms with E-state index in [-0.39, 0.29) is 0 Å².